The van der Waals surface area contributed by atoms with Gasteiger partial charge in [0, 0.05) is 15.7 Å². The first-order chi connectivity index (χ1) is 11.4. The Morgan fingerprint density at radius 3 is 2.42 bits per heavy atom. The largest absolute Gasteiger partial charge is 0.342 e. The van der Waals surface area contributed by atoms with Gasteiger partial charge >= 0.3 is 0 Å². The Balaban J connectivity index is 1.89. The van der Waals surface area contributed by atoms with Crippen molar-refractivity contribution in [2.75, 3.05) is 0 Å². The third-order valence-electron chi connectivity index (χ3n) is 4.36. The van der Waals surface area contributed by atoms with Crippen molar-refractivity contribution in [2.45, 2.75) is 24.8 Å². The SMILES string of the molecule is O=C(NC1(c2ccc(F)cc2)CCC1)c1cc([N+](=O)[O-])ccc1I. The maximum Gasteiger partial charge on any atom is 0.270 e. The molecule has 2 aromatic carbocycles. The highest BCUT2D eigenvalue weighted by molar-refractivity contribution is 14.1. The zero-order chi connectivity index (χ0) is 17.3. The molecule has 124 valence electrons. The predicted octanol–water partition coefficient (Wildman–Crippen LogP) is 4.15. The van der Waals surface area contributed by atoms with Gasteiger partial charge in [-0.15, -0.1) is 0 Å². The Morgan fingerprint density at radius 2 is 1.88 bits per heavy atom. The minimum Gasteiger partial charge on any atom is -0.342 e. The van der Waals surface area contributed by atoms with Crippen LogP contribution in [-0.2, 0) is 5.54 Å². The maximum atomic E-state index is 13.1. The Bertz CT molecular complexity index is 804. The van der Waals surface area contributed by atoms with E-state index in [1.807, 2.05) is 22.6 Å². The van der Waals surface area contributed by atoms with Crippen molar-refractivity contribution < 1.29 is 14.1 Å². The van der Waals surface area contributed by atoms with Crippen molar-refractivity contribution in [2.24, 2.45) is 0 Å². The number of hydrogen-bond donors (Lipinski definition) is 1. The fraction of sp³-hybridized carbons (Fsp3) is 0.235. The van der Waals surface area contributed by atoms with Crippen LogP contribution in [0, 0.1) is 19.5 Å². The summed E-state index contributed by atoms with van der Waals surface area (Å²) in [6.07, 6.45) is 2.48. The number of non-ortho nitro benzene ring substituents is 1. The molecule has 0 unspecified atom stereocenters. The van der Waals surface area contributed by atoms with Gasteiger partial charge in [0.15, 0.2) is 0 Å². The molecule has 7 heteroatoms. The minimum absolute atomic E-state index is 0.120. The molecule has 2 aromatic rings. The van der Waals surface area contributed by atoms with Gasteiger partial charge < -0.3 is 5.32 Å². The second-order valence-electron chi connectivity index (χ2n) is 5.82. The molecule has 24 heavy (non-hydrogen) atoms. The second-order valence-corrected chi connectivity index (χ2v) is 6.98. The molecule has 1 N–H and O–H groups in total. The lowest BCUT2D eigenvalue weighted by atomic mass is 9.71. The van der Waals surface area contributed by atoms with Crippen molar-refractivity contribution in [1.82, 2.24) is 5.32 Å². The number of carbonyl (C=O) groups excluding carboxylic acids is 1. The Morgan fingerprint density at radius 1 is 1.21 bits per heavy atom. The highest BCUT2D eigenvalue weighted by atomic mass is 127. The van der Waals surface area contributed by atoms with E-state index in [1.165, 1.54) is 24.3 Å². The lowest BCUT2D eigenvalue weighted by molar-refractivity contribution is -0.384. The number of rotatable bonds is 4. The first kappa shape index (κ1) is 16.8. The zero-order valence-corrected chi connectivity index (χ0v) is 14.7. The topological polar surface area (TPSA) is 72.2 Å². The zero-order valence-electron chi connectivity index (χ0n) is 12.6. The molecule has 0 radical (unpaired) electrons. The molecule has 0 atom stereocenters. The van der Waals surface area contributed by atoms with Crippen LogP contribution in [0.1, 0.15) is 35.2 Å². The number of carbonyl (C=O) groups is 1. The lowest BCUT2D eigenvalue weighted by Gasteiger charge is -2.43. The van der Waals surface area contributed by atoms with Crippen LogP contribution in [0.5, 0.6) is 0 Å². The molecule has 5 nitrogen and oxygen atoms in total. The maximum absolute atomic E-state index is 13.1. The first-order valence-electron chi connectivity index (χ1n) is 7.44. The van der Waals surface area contributed by atoms with Crippen molar-refractivity contribution in [3.8, 4) is 0 Å². The summed E-state index contributed by atoms with van der Waals surface area (Å²) in [5.74, 6) is -0.681. The first-order valence-corrected chi connectivity index (χ1v) is 8.52. The molecule has 0 aliphatic heterocycles. The Labute approximate surface area is 151 Å². The summed E-state index contributed by atoms with van der Waals surface area (Å²) in [6.45, 7) is 0. The summed E-state index contributed by atoms with van der Waals surface area (Å²) in [4.78, 5) is 23.1. The summed E-state index contributed by atoms with van der Waals surface area (Å²) in [5.41, 5.74) is 0.477. The van der Waals surface area contributed by atoms with Crippen molar-refractivity contribution in [3.63, 3.8) is 0 Å². The number of nitrogens with zero attached hydrogens (tertiary/aromatic N) is 1. The number of hydrogen-bond acceptors (Lipinski definition) is 3. The van der Waals surface area contributed by atoms with Crippen LogP contribution in [-0.4, -0.2) is 10.8 Å². The highest BCUT2D eigenvalue weighted by Gasteiger charge is 2.40. The van der Waals surface area contributed by atoms with E-state index in [0.29, 0.717) is 3.57 Å². The number of benzene rings is 2. The third-order valence-corrected chi connectivity index (χ3v) is 5.30. The van der Waals surface area contributed by atoms with Gasteiger partial charge in [-0.05, 0) is 65.6 Å². The van der Waals surface area contributed by atoms with Gasteiger partial charge in [-0.25, -0.2) is 4.39 Å². The van der Waals surface area contributed by atoms with Gasteiger partial charge in [0.05, 0.1) is 16.0 Å². The molecule has 0 spiro atoms. The monoisotopic (exact) mass is 440 g/mol. The van der Waals surface area contributed by atoms with Crippen LogP contribution in [0.4, 0.5) is 10.1 Å². The van der Waals surface area contributed by atoms with Crippen molar-refractivity contribution >= 4 is 34.2 Å². The van der Waals surface area contributed by atoms with Gasteiger partial charge in [0.2, 0.25) is 0 Å². The van der Waals surface area contributed by atoms with E-state index in [0.717, 1.165) is 24.8 Å². The Hall–Kier alpha value is -2.03. The quantitative estimate of drug-likeness (QED) is 0.441. The van der Waals surface area contributed by atoms with Gasteiger partial charge in [-0.1, -0.05) is 12.1 Å². The van der Waals surface area contributed by atoms with Crippen LogP contribution < -0.4 is 5.32 Å². The van der Waals surface area contributed by atoms with E-state index in [9.17, 15) is 19.3 Å². The second kappa shape index (κ2) is 6.46. The van der Waals surface area contributed by atoms with Crippen LogP contribution >= 0.6 is 22.6 Å². The molecule has 1 amide bonds. The van der Waals surface area contributed by atoms with Crippen molar-refractivity contribution in [3.05, 3.63) is 73.1 Å². The van der Waals surface area contributed by atoms with Crippen molar-refractivity contribution in [1.29, 1.82) is 0 Å². The van der Waals surface area contributed by atoms with E-state index in [-0.39, 0.29) is 23.0 Å². The van der Waals surface area contributed by atoms with E-state index in [4.69, 9.17) is 0 Å². The van der Waals surface area contributed by atoms with Crippen LogP contribution in [0.15, 0.2) is 42.5 Å². The molecular weight excluding hydrogens is 426 g/mol. The molecule has 1 saturated carbocycles. The summed E-state index contributed by atoms with van der Waals surface area (Å²) >= 11 is 1.98. The molecule has 0 heterocycles. The van der Waals surface area contributed by atoms with Crippen LogP contribution in [0.2, 0.25) is 0 Å². The summed E-state index contributed by atoms with van der Waals surface area (Å²) in [5, 5.41) is 13.9. The normalized spacial score (nSPS) is 15.4. The minimum atomic E-state index is -0.529. The van der Waals surface area contributed by atoms with E-state index < -0.39 is 10.5 Å². The smallest absolute Gasteiger partial charge is 0.270 e. The number of nitro groups is 1. The number of halogens is 2. The Kier molecular flexibility index (Phi) is 4.53. The molecule has 1 fully saturated rings. The third kappa shape index (κ3) is 3.12. The molecule has 0 saturated heterocycles. The standard InChI is InChI=1S/C17H14FIN2O3/c18-12-4-2-11(3-5-12)17(8-1-9-17)20-16(22)14-10-13(21(23)24)6-7-15(14)19/h2-7,10H,1,8-9H2,(H,20,22). The van der Waals surface area contributed by atoms with Gasteiger partial charge in [0.25, 0.3) is 11.6 Å². The van der Waals surface area contributed by atoms with Gasteiger partial charge in [-0.3, -0.25) is 14.9 Å². The molecule has 1 aliphatic rings. The van der Waals surface area contributed by atoms with Crippen LogP contribution in [0.3, 0.4) is 0 Å². The van der Waals surface area contributed by atoms with Gasteiger partial charge in [0.1, 0.15) is 5.82 Å². The predicted molar refractivity (Wildman–Crippen MR) is 95.2 cm³/mol. The van der Waals surface area contributed by atoms with Crippen LogP contribution in [0.25, 0.3) is 0 Å². The average molecular weight is 440 g/mol. The number of amides is 1. The highest BCUT2D eigenvalue weighted by Crippen LogP contribution is 2.41. The molecular formula is C17H14FIN2O3. The summed E-state index contributed by atoms with van der Waals surface area (Å²) < 4.78 is 13.8. The molecule has 3 rings (SSSR count). The van der Waals surface area contributed by atoms with E-state index in [1.54, 1.807) is 18.2 Å². The molecule has 1 aliphatic carbocycles. The number of nitro benzene ring substituents is 1. The summed E-state index contributed by atoms with van der Waals surface area (Å²) in [6, 6.07) is 10.3. The number of nitrogens with one attached hydrogen (secondary N) is 1. The lowest BCUT2D eigenvalue weighted by Crippen LogP contribution is -2.50. The van der Waals surface area contributed by atoms with Gasteiger partial charge in [-0.2, -0.15) is 0 Å². The van der Waals surface area contributed by atoms with E-state index in [2.05, 4.69) is 5.32 Å². The van der Waals surface area contributed by atoms with E-state index >= 15 is 0 Å². The fourth-order valence-electron chi connectivity index (χ4n) is 2.87. The summed E-state index contributed by atoms with van der Waals surface area (Å²) in [7, 11) is 0. The fourth-order valence-corrected chi connectivity index (χ4v) is 3.45. The molecule has 0 bridgehead atoms. The average Bonchev–Trinajstić information content (AvgIpc) is 2.52. The molecule has 0 aromatic heterocycles.